The summed E-state index contributed by atoms with van der Waals surface area (Å²) in [6, 6.07) is 0.427. The number of carbonyl (C=O) groups excluding carboxylic acids is 1. The highest BCUT2D eigenvalue weighted by Crippen LogP contribution is 2.26. The lowest BCUT2D eigenvalue weighted by atomic mass is 9.91. The molecule has 1 saturated carbocycles. The minimum absolute atomic E-state index is 0.00644. The van der Waals surface area contributed by atoms with Crippen LogP contribution in [0.1, 0.15) is 25.7 Å². The minimum Gasteiger partial charge on any atom is -0.396 e. The van der Waals surface area contributed by atoms with Gasteiger partial charge in [0.25, 0.3) is 0 Å². The van der Waals surface area contributed by atoms with E-state index in [1.807, 2.05) is 16.7 Å². The predicted molar refractivity (Wildman–Crippen MR) is 70.2 cm³/mol. The van der Waals surface area contributed by atoms with Crippen LogP contribution in [-0.2, 0) is 4.79 Å². The quantitative estimate of drug-likeness (QED) is 0.752. The third kappa shape index (κ3) is 3.36. The van der Waals surface area contributed by atoms with Crippen molar-refractivity contribution in [2.45, 2.75) is 37.8 Å². The van der Waals surface area contributed by atoms with Crippen molar-refractivity contribution in [3.63, 3.8) is 0 Å². The number of hydrogen-bond donors (Lipinski definition) is 2. The molecule has 0 spiro atoms. The number of carbonyl (C=O) groups is 1. The number of nitrogens with zero attached hydrogens (tertiary/aromatic N) is 1. The molecule has 2 N–H and O–H groups in total. The molecule has 0 aromatic rings. The van der Waals surface area contributed by atoms with Crippen LogP contribution in [0.3, 0.4) is 0 Å². The van der Waals surface area contributed by atoms with Gasteiger partial charge in [-0.05, 0) is 25.7 Å². The van der Waals surface area contributed by atoms with E-state index in [0.29, 0.717) is 19.0 Å². The van der Waals surface area contributed by atoms with Gasteiger partial charge in [0.2, 0.25) is 5.91 Å². The van der Waals surface area contributed by atoms with Gasteiger partial charge in [0.05, 0.1) is 6.04 Å². The van der Waals surface area contributed by atoms with Crippen LogP contribution in [0, 0.1) is 0 Å². The summed E-state index contributed by atoms with van der Waals surface area (Å²) in [5, 5.41) is 12.2. The van der Waals surface area contributed by atoms with Crippen LogP contribution < -0.4 is 5.32 Å². The predicted octanol–water partition coefficient (Wildman–Crippen LogP) is 0.455. The summed E-state index contributed by atoms with van der Waals surface area (Å²) in [6.07, 6.45) is 4.20. The summed E-state index contributed by atoms with van der Waals surface area (Å²) in [5.74, 6) is 2.24. The van der Waals surface area contributed by atoms with E-state index >= 15 is 0 Å². The smallest absolute Gasteiger partial charge is 0.240 e. The molecule has 2 rings (SSSR count). The van der Waals surface area contributed by atoms with E-state index in [1.54, 1.807) is 0 Å². The lowest BCUT2D eigenvalue weighted by Gasteiger charge is -2.40. The van der Waals surface area contributed by atoms with Gasteiger partial charge in [0, 0.05) is 37.2 Å². The second-order valence-electron chi connectivity index (χ2n) is 4.78. The van der Waals surface area contributed by atoms with E-state index in [-0.39, 0.29) is 18.6 Å². The molecular formula is C12H22N2O2S. The van der Waals surface area contributed by atoms with E-state index in [4.69, 9.17) is 5.11 Å². The molecule has 1 unspecified atom stereocenters. The van der Waals surface area contributed by atoms with Gasteiger partial charge in [-0.15, -0.1) is 0 Å². The fraction of sp³-hybridized carbons (Fsp3) is 0.917. The molecule has 0 radical (unpaired) electrons. The fourth-order valence-electron chi connectivity index (χ4n) is 2.34. The lowest BCUT2D eigenvalue weighted by Crippen LogP contribution is -2.55. The Morgan fingerprint density at radius 2 is 2.29 bits per heavy atom. The Balaban J connectivity index is 1.90. The molecule has 0 aromatic heterocycles. The molecule has 4 nitrogen and oxygen atoms in total. The first kappa shape index (κ1) is 13.2. The van der Waals surface area contributed by atoms with E-state index in [0.717, 1.165) is 30.9 Å². The zero-order valence-electron chi connectivity index (χ0n) is 10.2. The van der Waals surface area contributed by atoms with Crippen molar-refractivity contribution in [3.8, 4) is 0 Å². The van der Waals surface area contributed by atoms with Crippen LogP contribution in [0.25, 0.3) is 0 Å². The Bertz CT molecular complexity index is 253. The van der Waals surface area contributed by atoms with Crippen molar-refractivity contribution in [1.82, 2.24) is 10.2 Å². The number of rotatable bonds is 5. The summed E-state index contributed by atoms with van der Waals surface area (Å²) in [5.41, 5.74) is 0. The third-order valence-corrected chi connectivity index (χ3v) is 4.64. The van der Waals surface area contributed by atoms with Crippen molar-refractivity contribution >= 4 is 17.7 Å². The van der Waals surface area contributed by atoms with Crippen LogP contribution >= 0.6 is 11.8 Å². The minimum atomic E-state index is -0.00644. The zero-order valence-corrected chi connectivity index (χ0v) is 11.0. The third-order valence-electron chi connectivity index (χ3n) is 3.58. The van der Waals surface area contributed by atoms with Gasteiger partial charge in [-0.25, -0.2) is 0 Å². The highest BCUT2D eigenvalue weighted by atomic mass is 32.2. The van der Waals surface area contributed by atoms with Gasteiger partial charge >= 0.3 is 0 Å². The Kier molecular flexibility index (Phi) is 5.13. The normalized spacial score (nSPS) is 25.4. The number of amides is 1. The molecule has 2 aliphatic rings. The molecule has 5 heteroatoms. The van der Waals surface area contributed by atoms with Gasteiger partial charge in [-0.3, -0.25) is 4.79 Å². The Morgan fingerprint density at radius 1 is 1.47 bits per heavy atom. The molecule has 0 aromatic carbocycles. The first-order valence-electron chi connectivity index (χ1n) is 6.55. The van der Waals surface area contributed by atoms with Crippen LogP contribution in [0.5, 0.6) is 0 Å². The number of aliphatic hydroxyl groups is 1. The summed E-state index contributed by atoms with van der Waals surface area (Å²) in [7, 11) is 0. The Hall–Kier alpha value is -0.260. The van der Waals surface area contributed by atoms with Crippen LogP contribution in [0.2, 0.25) is 0 Å². The van der Waals surface area contributed by atoms with Gasteiger partial charge in [-0.1, -0.05) is 0 Å². The van der Waals surface area contributed by atoms with Crippen molar-refractivity contribution in [2.75, 3.05) is 31.2 Å². The van der Waals surface area contributed by atoms with E-state index in [1.165, 1.54) is 6.42 Å². The largest absolute Gasteiger partial charge is 0.396 e. The Labute approximate surface area is 107 Å². The lowest BCUT2D eigenvalue weighted by molar-refractivity contribution is -0.137. The maximum Gasteiger partial charge on any atom is 0.240 e. The number of nitrogens with one attached hydrogen (secondary N) is 1. The molecule has 1 saturated heterocycles. The van der Waals surface area contributed by atoms with Gasteiger partial charge < -0.3 is 15.3 Å². The SMILES string of the molecule is O=C(C1CSCCN1)N(CCCO)C1CCC1. The van der Waals surface area contributed by atoms with Crippen LogP contribution in [0.4, 0.5) is 0 Å². The number of hydrogen-bond acceptors (Lipinski definition) is 4. The number of thioether (sulfide) groups is 1. The van der Waals surface area contributed by atoms with E-state index < -0.39 is 0 Å². The molecule has 1 aliphatic heterocycles. The molecule has 1 atom stereocenters. The highest BCUT2D eigenvalue weighted by molar-refractivity contribution is 7.99. The molecular weight excluding hydrogens is 236 g/mol. The van der Waals surface area contributed by atoms with Crippen molar-refractivity contribution in [2.24, 2.45) is 0 Å². The number of aliphatic hydroxyl groups excluding tert-OH is 1. The summed E-state index contributed by atoms with van der Waals surface area (Å²) < 4.78 is 0. The van der Waals surface area contributed by atoms with E-state index in [2.05, 4.69) is 5.32 Å². The zero-order chi connectivity index (χ0) is 12.1. The van der Waals surface area contributed by atoms with Crippen LogP contribution in [-0.4, -0.2) is 59.2 Å². The standard InChI is InChI=1S/C12H22N2O2S/c15-7-2-6-14(10-3-1-4-10)12(16)11-9-17-8-5-13-11/h10-11,13,15H,1-9H2. The van der Waals surface area contributed by atoms with E-state index in [9.17, 15) is 4.79 Å². The van der Waals surface area contributed by atoms with Crippen molar-refractivity contribution < 1.29 is 9.90 Å². The molecule has 1 aliphatic carbocycles. The van der Waals surface area contributed by atoms with Crippen LogP contribution in [0.15, 0.2) is 0 Å². The molecule has 1 amide bonds. The molecule has 17 heavy (non-hydrogen) atoms. The fourth-order valence-corrected chi connectivity index (χ4v) is 3.26. The van der Waals surface area contributed by atoms with Gasteiger partial charge in [0.1, 0.15) is 0 Å². The molecule has 1 heterocycles. The highest BCUT2D eigenvalue weighted by Gasteiger charge is 2.32. The van der Waals surface area contributed by atoms with Gasteiger partial charge in [-0.2, -0.15) is 11.8 Å². The summed E-state index contributed by atoms with van der Waals surface area (Å²) in [4.78, 5) is 14.4. The summed E-state index contributed by atoms with van der Waals surface area (Å²) in [6.45, 7) is 1.81. The first-order valence-corrected chi connectivity index (χ1v) is 7.71. The molecule has 98 valence electrons. The molecule has 2 fully saturated rings. The average molecular weight is 258 g/mol. The van der Waals surface area contributed by atoms with Gasteiger partial charge in [0.15, 0.2) is 0 Å². The topological polar surface area (TPSA) is 52.6 Å². The Morgan fingerprint density at radius 3 is 2.82 bits per heavy atom. The van der Waals surface area contributed by atoms with Crippen molar-refractivity contribution in [3.05, 3.63) is 0 Å². The second kappa shape index (κ2) is 6.61. The maximum absolute atomic E-state index is 12.4. The first-order chi connectivity index (χ1) is 8.33. The monoisotopic (exact) mass is 258 g/mol. The average Bonchev–Trinajstić information content (AvgIpc) is 2.32. The summed E-state index contributed by atoms with van der Waals surface area (Å²) >= 11 is 1.85. The maximum atomic E-state index is 12.4. The molecule has 0 bridgehead atoms. The second-order valence-corrected chi connectivity index (χ2v) is 5.92. The van der Waals surface area contributed by atoms with Crippen molar-refractivity contribution in [1.29, 1.82) is 0 Å².